The first-order valence-electron chi connectivity index (χ1n) is 5.62. The largest absolute Gasteiger partial charge is 0.480 e. The fourth-order valence-corrected chi connectivity index (χ4v) is 1.53. The molecule has 0 aromatic carbocycles. The zero-order chi connectivity index (χ0) is 12.3. The van der Waals surface area contributed by atoms with E-state index in [1.807, 2.05) is 0 Å². The van der Waals surface area contributed by atoms with Gasteiger partial charge in [-0.2, -0.15) is 4.98 Å². The van der Waals surface area contributed by atoms with Crippen LogP contribution in [0.2, 0.25) is 0 Å². The minimum absolute atomic E-state index is 0.289. The van der Waals surface area contributed by atoms with Crippen molar-refractivity contribution < 1.29 is 14.3 Å². The number of nitrogens with one attached hydrogen (secondary N) is 1. The van der Waals surface area contributed by atoms with Crippen LogP contribution in [0, 0.1) is 5.92 Å². The predicted molar refractivity (Wildman–Crippen MR) is 63.3 cm³/mol. The van der Waals surface area contributed by atoms with Gasteiger partial charge in [0.1, 0.15) is 11.4 Å². The van der Waals surface area contributed by atoms with Gasteiger partial charge in [0.2, 0.25) is 5.88 Å². The number of hydrogen-bond acceptors (Lipinski definition) is 5. The van der Waals surface area contributed by atoms with E-state index in [1.165, 1.54) is 27.1 Å². The summed E-state index contributed by atoms with van der Waals surface area (Å²) in [7, 11) is 2.82. The number of anilines is 1. The Labute approximate surface area is 100 Å². The minimum Gasteiger partial charge on any atom is -0.480 e. The van der Waals surface area contributed by atoms with Gasteiger partial charge in [-0.1, -0.05) is 0 Å². The summed E-state index contributed by atoms with van der Waals surface area (Å²) in [5.74, 6) is 1.34. The van der Waals surface area contributed by atoms with Gasteiger partial charge >= 0.3 is 5.97 Å². The number of rotatable bonds is 5. The van der Waals surface area contributed by atoms with Crippen LogP contribution >= 0.6 is 0 Å². The molecule has 92 valence electrons. The lowest BCUT2D eigenvalue weighted by Gasteiger charge is -2.09. The van der Waals surface area contributed by atoms with E-state index in [0.29, 0.717) is 5.56 Å². The van der Waals surface area contributed by atoms with Crippen LogP contribution in [-0.4, -0.2) is 31.7 Å². The van der Waals surface area contributed by atoms with Crippen molar-refractivity contribution in [2.75, 3.05) is 26.1 Å². The van der Waals surface area contributed by atoms with Crippen LogP contribution in [0.3, 0.4) is 0 Å². The van der Waals surface area contributed by atoms with Crippen molar-refractivity contribution in [2.24, 2.45) is 5.92 Å². The van der Waals surface area contributed by atoms with E-state index in [1.54, 1.807) is 12.1 Å². The molecule has 1 N–H and O–H groups in total. The Kier molecular flexibility index (Phi) is 3.46. The van der Waals surface area contributed by atoms with E-state index < -0.39 is 5.97 Å². The lowest BCUT2D eigenvalue weighted by atomic mass is 10.2. The molecule has 1 aliphatic rings. The highest BCUT2D eigenvalue weighted by Gasteiger charge is 2.21. The zero-order valence-corrected chi connectivity index (χ0v) is 10.0. The fourth-order valence-electron chi connectivity index (χ4n) is 1.53. The number of carbonyl (C=O) groups is 1. The van der Waals surface area contributed by atoms with Gasteiger partial charge in [-0.05, 0) is 30.9 Å². The van der Waals surface area contributed by atoms with Gasteiger partial charge in [0.15, 0.2) is 0 Å². The SMILES string of the molecule is COC(=O)c1ccc(NCC2CC2)nc1OC. The van der Waals surface area contributed by atoms with Crippen LogP contribution in [-0.2, 0) is 4.74 Å². The number of methoxy groups -OCH3 is 2. The van der Waals surface area contributed by atoms with Crippen molar-refractivity contribution in [1.82, 2.24) is 4.98 Å². The topological polar surface area (TPSA) is 60.5 Å². The molecule has 0 spiro atoms. The maximum atomic E-state index is 11.4. The molecule has 1 heterocycles. The average Bonchev–Trinajstić information content (AvgIpc) is 3.19. The van der Waals surface area contributed by atoms with Crippen molar-refractivity contribution in [3.8, 4) is 5.88 Å². The standard InChI is InChI=1S/C12H16N2O3/c1-16-11-9(12(15)17-2)5-6-10(14-11)13-7-8-3-4-8/h5-6,8H,3-4,7H2,1-2H3,(H,13,14). The molecule has 17 heavy (non-hydrogen) atoms. The van der Waals surface area contributed by atoms with Gasteiger partial charge in [-0.3, -0.25) is 0 Å². The molecule has 0 atom stereocenters. The molecule has 0 saturated heterocycles. The molecule has 5 nitrogen and oxygen atoms in total. The summed E-state index contributed by atoms with van der Waals surface area (Å²) in [6.45, 7) is 0.924. The highest BCUT2D eigenvalue weighted by atomic mass is 16.5. The second kappa shape index (κ2) is 5.03. The van der Waals surface area contributed by atoms with Crippen LogP contribution in [0.4, 0.5) is 5.82 Å². The van der Waals surface area contributed by atoms with E-state index in [4.69, 9.17) is 4.74 Å². The molecule has 0 amide bonds. The summed E-state index contributed by atoms with van der Waals surface area (Å²) in [6, 6.07) is 3.42. The van der Waals surface area contributed by atoms with Gasteiger partial charge in [0.25, 0.3) is 0 Å². The number of hydrogen-bond donors (Lipinski definition) is 1. The Bertz CT molecular complexity index is 416. The Morgan fingerprint density at radius 2 is 2.24 bits per heavy atom. The monoisotopic (exact) mass is 236 g/mol. The maximum Gasteiger partial charge on any atom is 0.343 e. The number of esters is 1. The smallest absolute Gasteiger partial charge is 0.343 e. The summed E-state index contributed by atoms with van der Waals surface area (Å²) in [5.41, 5.74) is 0.340. The average molecular weight is 236 g/mol. The summed E-state index contributed by atoms with van der Waals surface area (Å²) in [4.78, 5) is 15.6. The van der Waals surface area contributed by atoms with E-state index in [2.05, 4.69) is 15.0 Å². The lowest BCUT2D eigenvalue weighted by molar-refractivity contribution is 0.0596. The van der Waals surface area contributed by atoms with Crippen molar-refractivity contribution >= 4 is 11.8 Å². The Morgan fingerprint density at radius 1 is 1.47 bits per heavy atom. The van der Waals surface area contributed by atoms with Crippen LogP contribution in [0.1, 0.15) is 23.2 Å². The first-order chi connectivity index (χ1) is 8.24. The fraction of sp³-hybridized carbons (Fsp3) is 0.500. The summed E-state index contributed by atoms with van der Waals surface area (Å²) < 4.78 is 9.73. The van der Waals surface area contributed by atoms with Gasteiger partial charge in [0, 0.05) is 6.54 Å². The van der Waals surface area contributed by atoms with Crippen molar-refractivity contribution in [3.63, 3.8) is 0 Å². The minimum atomic E-state index is -0.442. The molecule has 1 aliphatic carbocycles. The second-order valence-electron chi connectivity index (χ2n) is 4.07. The van der Waals surface area contributed by atoms with Crippen LogP contribution in [0.15, 0.2) is 12.1 Å². The number of carbonyl (C=O) groups excluding carboxylic acids is 1. The van der Waals surface area contributed by atoms with Crippen molar-refractivity contribution in [2.45, 2.75) is 12.8 Å². The predicted octanol–water partition coefficient (Wildman–Crippen LogP) is 1.70. The molecule has 0 bridgehead atoms. The van der Waals surface area contributed by atoms with E-state index in [-0.39, 0.29) is 5.88 Å². The summed E-state index contributed by atoms with van der Waals surface area (Å²) >= 11 is 0. The molecule has 1 aromatic heterocycles. The lowest BCUT2D eigenvalue weighted by Crippen LogP contribution is -2.09. The highest BCUT2D eigenvalue weighted by Crippen LogP contribution is 2.29. The normalized spacial score (nSPS) is 14.2. The van der Waals surface area contributed by atoms with E-state index in [9.17, 15) is 4.79 Å². The van der Waals surface area contributed by atoms with Gasteiger partial charge < -0.3 is 14.8 Å². The van der Waals surface area contributed by atoms with Crippen molar-refractivity contribution in [3.05, 3.63) is 17.7 Å². The van der Waals surface area contributed by atoms with Crippen LogP contribution in [0.25, 0.3) is 0 Å². The number of pyridine rings is 1. The second-order valence-corrected chi connectivity index (χ2v) is 4.07. The quantitative estimate of drug-likeness (QED) is 0.788. The number of nitrogens with zero attached hydrogens (tertiary/aromatic N) is 1. The first-order valence-corrected chi connectivity index (χ1v) is 5.62. The molecule has 0 unspecified atom stereocenters. The number of ether oxygens (including phenoxy) is 2. The summed E-state index contributed by atoms with van der Waals surface area (Å²) in [5, 5.41) is 3.22. The molecule has 1 aromatic rings. The molecule has 0 aliphatic heterocycles. The van der Waals surface area contributed by atoms with Crippen LogP contribution in [0.5, 0.6) is 5.88 Å². The van der Waals surface area contributed by atoms with E-state index >= 15 is 0 Å². The Morgan fingerprint density at radius 3 is 2.82 bits per heavy atom. The maximum absolute atomic E-state index is 11.4. The molecule has 0 radical (unpaired) electrons. The zero-order valence-electron chi connectivity index (χ0n) is 10.0. The van der Waals surface area contributed by atoms with Crippen molar-refractivity contribution in [1.29, 1.82) is 0 Å². The number of aromatic nitrogens is 1. The molecular weight excluding hydrogens is 220 g/mol. The third kappa shape index (κ3) is 2.87. The van der Waals surface area contributed by atoms with Gasteiger partial charge in [0.05, 0.1) is 14.2 Å². The third-order valence-corrected chi connectivity index (χ3v) is 2.73. The first kappa shape index (κ1) is 11.7. The molecular formula is C12H16N2O3. The van der Waals surface area contributed by atoms with Gasteiger partial charge in [-0.25, -0.2) is 4.79 Å². The Hall–Kier alpha value is -1.78. The molecule has 1 fully saturated rings. The van der Waals surface area contributed by atoms with Gasteiger partial charge in [-0.15, -0.1) is 0 Å². The molecule has 5 heteroatoms. The Balaban J connectivity index is 2.11. The molecule has 1 saturated carbocycles. The highest BCUT2D eigenvalue weighted by molar-refractivity contribution is 5.92. The molecule has 2 rings (SSSR count). The van der Waals surface area contributed by atoms with E-state index in [0.717, 1.165) is 18.3 Å². The van der Waals surface area contributed by atoms with Crippen LogP contribution < -0.4 is 10.1 Å². The summed E-state index contributed by atoms with van der Waals surface area (Å²) in [6.07, 6.45) is 2.56. The third-order valence-electron chi connectivity index (χ3n) is 2.73.